The number of hydrogen-bond donors (Lipinski definition) is 0. The van der Waals surface area contributed by atoms with Crippen LogP contribution >= 0.6 is 11.6 Å². The van der Waals surface area contributed by atoms with Crippen molar-refractivity contribution in [3.05, 3.63) is 24.3 Å². The molecule has 0 aromatic heterocycles. The minimum atomic E-state index is -3.39. The van der Waals surface area contributed by atoms with Crippen LogP contribution in [0.4, 0.5) is 0 Å². The third kappa shape index (κ3) is 3.27. The van der Waals surface area contributed by atoms with Crippen molar-refractivity contribution in [3.63, 3.8) is 0 Å². The molecular formula is C14H20ClNO3S. The second-order valence-corrected chi connectivity index (χ2v) is 7.10. The molecule has 0 saturated carbocycles. The summed E-state index contributed by atoms with van der Waals surface area (Å²) in [7, 11) is -3.39. The Hall–Kier alpha value is -0.780. The third-order valence-corrected chi connectivity index (χ3v) is 5.69. The summed E-state index contributed by atoms with van der Waals surface area (Å²) < 4.78 is 32.2. The van der Waals surface area contributed by atoms with E-state index in [1.54, 1.807) is 28.6 Å². The van der Waals surface area contributed by atoms with Gasteiger partial charge in [0.15, 0.2) is 0 Å². The van der Waals surface area contributed by atoms with E-state index in [0.717, 1.165) is 19.3 Å². The Morgan fingerprint density at radius 2 is 2.05 bits per heavy atom. The molecule has 4 nitrogen and oxygen atoms in total. The lowest BCUT2D eigenvalue weighted by Gasteiger charge is -2.23. The first-order valence-corrected chi connectivity index (χ1v) is 8.87. The summed E-state index contributed by atoms with van der Waals surface area (Å²) in [5.41, 5.74) is 0. The summed E-state index contributed by atoms with van der Waals surface area (Å²) in [6.45, 7) is 3.06. The maximum Gasteiger partial charge on any atom is 0.243 e. The summed E-state index contributed by atoms with van der Waals surface area (Å²) in [5, 5.41) is 0. The Morgan fingerprint density at radius 1 is 1.35 bits per heavy atom. The minimum Gasteiger partial charge on any atom is -0.492 e. The predicted octanol–water partition coefficient (Wildman–Crippen LogP) is 2.87. The van der Waals surface area contributed by atoms with Crippen molar-refractivity contribution in [1.29, 1.82) is 0 Å². The van der Waals surface area contributed by atoms with Gasteiger partial charge in [-0.2, -0.15) is 4.31 Å². The van der Waals surface area contributed by atoms with Gasteiger partial charge in [0.05, 0.1) is 10.8 Å². The highest BCUT2D eigenvalue weighted by molar-refractivity contribution is 7.89. The summed E-state index contributed by atoms with van der Waals surface area (Å²) in [4.78, 5) is 0.330. The van der Waals surface area contributed by atoms with E-state index in [1.807, 2.05) is 6.92 Å². The van der Waals surface area contributed by atoms with E-state index >= 15 is 0 Å². The highest BCUT2D eigenvalue weighted by atomic mass is 35.5. The molecule has 112 valence electrons. The quantitative estimate of drug-likeness (QED) is 0.758. The number of sulfonamides is 1. The van der Waals surface area contributed by atoms with Crippen molar-refractivity contribution >= 4 is 21.6 Å². The molecule has 1 aromatic rings. The molecule has 2 rings (SSSR count). The Labute approximate surface area is 125 Å². The first-order chi connectivity index (χ1) is 9.59. The molecular weight excluding hydrogens is 298 g/mol. The Kier molecular flexibility index (Phi) is 5.29. The van der Waals surface area contributed by atoms with Gasteiger partial charge in [0.1, 0.15) is 12.4 Å². The lowest BCUT2D eigenvalue weighted by molar-refractivity contribution is 0.342. The molecule has 20 heavy (non-hydrogen) atoms. The van der Waals surface area contributed by atoms with E-state index in [9.17, 15) is 8.42 Å². The van der Waals surface area contributed by atoms with Gasteiger partial charge < -0.3 is 4.74 Å². The lowest BCUT2D eigenvalue weighted by atomic mass is 10.2. The van der Waals surface area contributed by atoms with Gasteiger partial charge in [0.2, 0.25) is 10.0 Å². The topological polar surface area (TPSA) is 46.6 Å². The normalized spacial score (nSPS) is 20.2. The van der Waals surface area contributed by atoms with Crippen LogP contribution in [-0.4, -0.2) is 37.8 Å². The van der Waals surface area contributed by atoms with Crippen molar-refractivity contribution in [3.8, 4) is 5.75 Å². The highest BCUT2D eigenvalue weighted by Gasteiger charge is 2.33. The van der Waals surface area contributed by atoms with Crippen molar-refractivity contribution in [2.75, 3.05) is 19.0 Å². The molecule has 1 atom stereocenters. The third-order valence-electron chi connectivity index (χ3n) is 3.57. The number of benzene rings is 1. The summed E-state index contributed by atoms with van der Waals surface area (Å²) in [6.07, 6.45) is 2.75. The molecule has 0 bridgehead atoms. The average Bonchev–Trinajstić information content (AvgIpc) is 2.95. The Balaban J connectivity index is 2.17. The van der Waals surface area contributed by atoms with Gasteiger partial charge in [0, 0.05) is 12.6 Å². The van der Waals surface area contributed by atoms with Gasteiger partial charge in [-0.25, -0.2) is 8.42 Å². The Bertz CT molecular complexity index is 530. The molecule has 1 fully saturated rings. The zero-order chi connectivity index (χ0) is 14.6. The second kappa shape index (κ2) is 6.78. The van der Waals surface area contributed by atoms with Crippen molar-refractivity contribution < 1.29 is 13.2 Å². The van der Waals surface area contributed by atoms with Gasteiger partial charge in [-0.15, -0.1) is 11.6 Å². The molecule has 1 aromatic carbocycles. The molecule has 0 radical (unpaired) electrons. The smallest absolute Gasteiger partial charge is 0.243 e. The van der Waals surface area contributed by atoms with Crippen LogP contribution in [0.2, 0.25) is 0 Å². The van der Waals surface area contributed by atoms with Crippen LogP contribution in [0, 0.1) is 0 Å². The van der Waals surface area contributed by atoms with Gasteiger partial charge in [-0.05, 0) is 43.5 Å². The number of alkyl halides is 1. The lowest BCUT2D eigenvalue weighted by Crippen LogP contribution is -2.35. The maximum atomic E-state index is 12.6. The van der Waals surface area contributed by atoms with Crippen LogP contribution in [0.15, 0.2) is 29.2 Å². The fourth-order valence-electron chi connectivity index (χ4n) is 2.53. The largest absolute Gasteiger partial charge is 0.492 e. The van der Waals surface area contributed by atoms with Crippen LogP contribution < -0.4 is 4.74 Å². The standard InChI is InChI=1S/C14H20ClNO3S/c1-2-12-4-3-10-16(12)20(17,18)14-7-5-13(6-8-14)19-11-9-15/h5-8,12H,2-4,9-11H2,1H3. The highest BCUT2D eigenvalue weighted by Crippen LogP contribution is 2.28. The van der Waals surface area contributed by atoms with Crippen molar-refractivity contribution in [2.24, 2.45) is 0 Å². The number of halogens is 1. The molecule has 0 aliphatic carbocycles. The number of rotatable bonds is 6. The summed E-state index contributed by atoms with van der Waals surface area (Å²) in [5.74, 6) is 1.05. The van der Waals surface area contributed by atoms with E-state index in [1.165, 1.54) is 0 Å². The predicted molar refractivity (Wildman–Crippen MR) is 79.9 cm³/mol. The molecule has 0 N–H and O–H groups in total. The molecule has 0 spiro atoms. The number of hydrogen-bond acceptors (Lipinski definition) is 3. The Morgan fingerprint density at radius 3 is 2.65 bits per heavy atom. The maximum absolute atomic E-state index is 12.6. The van der Waals surface area contributed by atoms with Gasteiger partial charge in [-0.3, -0.25) is 0 Å². The van der Waals surface area contributed by atoms with Gasteiger partial charge in [0.25, 0.3) is 0 Å². The summed E-state index contributed by atoms with van der Waals surface area (Å²) >= 11 is 5.55. The molecule has 1 saturated heterocycles. The van der Waals surface area contributed by atoms with Gasteiger partial charge >= 0.3 is 0 Å². The average molecular weight is 318 g/mol. The molecule has 1 aliphatic rings. The van der Waals surface area contributed by atoms with Crippen LogP contribution in [-0.2, 0) is 10.0 Å². The zero-order valence-corrected chi connectivity index (χ0v) is 13.2. The fraction of sp³-hybridized carbons (Fsp3) is 0.571. The van der Waals surface area contributed by atoms with E-state index in [0.29, 0.717) is 29.7 Å². The molecule has 1 heterocycles. The van der Waals surface area contributed by atoms with Crippen LogP contribution in [0.1, 0.15) is 26.2 Å². The summed E-state index contributed by atoms with van der Waals surface area (Å²) in [6, 6.07) is 6.69. The van der Waals surface area contributed by atoms with Crippen molar-refractivity contribution in [2.45, 2.75) is 37.1 Å². The van der Waals surface area contributed by atoms with Crippen molar-refractivity contribution in [1.82, 2.24) is 4.31 Å². The minimum absolute atomic E-state index is 0.132. The molecule has 0 amide bonds. The first-order valence-electron chi connectivity index (χ1n) is 6.90. The monoisotopic (exact) mass is 317 g/mol. The van der Waals surface area contributed by atoms with Gasteiger partial charge in [-0.1, -0.05) is 6.92 Å². The number of nitrogens with zero attached hydrogens (tertiary/aromatic N) is 1. The second-order valence-electron chi connectivity index (χ2n) is 4.83. The molecule has 1 aliphatic heterocycles. The van der Waals surface area contributed by atoms with E-state index < -0.39 is 10.0 Å². The van der Waals surface area contributed by atoms with Crippen LogP contribution in [0.25, 0.3) is 0 Å². The van der Waals surface area contributed by atoms with E-state index in [2.05, 4.69) is 0 Å². The van der Waals surface area contributed by atoms with Crippen LogP contribution in [0.5, 0.6) is 5.75 Å². The van der Waals surface area contributed by atoms with E-state index in [-0.39, 0.29) is 6.04 Å². The fourth-order valence-corrected chi connectivity index (χ4v) is 4.38. The van der Waals surface area contributed by atoms with E-state index in [4.69, 9.17) is 16.3 Å². The molecule has 1 unspecified atom stereocenters. The zero-order valence-electron chi connectivity index (χ0n) is 11.6. The first kappa shape index (κ1) is 15.6. The number of ether oxygens (including phenoxy) is 1. The van der Waals surface area contributed by atoms with Crippen LogP contribution in [0.3, 0.4) is 0 Å². The SMILES string of the molecule is CCC1CCCN1S(=O)(=O)c1ccc(OCCCl)cc1. The molecule has 6 heteroatoms.